The molecular weight excluding hydrogens is 476 g/mol. The molecule has 0 spiro atoms. The van der Waals surface area contributed by atoms with E-state index in [2.05, 4.69) is 10.0 Å². The van der Waals surface area contributed by atoms with E-state index < -0.39 is 33.8 Å². The molecule has 1 amide bonds. The van der Waals surface area contributed by atoms with Crippen molar-refractivity contribution >= 4 is 32.4 Å². The van der Waals surface area contributed by atoms with Crippen LogP contribution in [0, 0.1) is 11.6 Å². The normalized spacial score (nSPS) is 15.7. The summed E-state index contributed by atoms with van der Waals surface area (Å²) in [5, 5.41) is 14.0. The molecular formula is C25H25F2N3O4S. The molecule has 1 unspecified atom stereocenters. The number of dihydropyridines is 1. The van der Waals surface area contributed by atoms with Crippen LogP contribution in [-0.2, 0) is 23.0 Å². The molecule has 3 N–H and O–H groups in total. The van der Waals surface area contributed by atoms with E-state index in [9.17, 15) is 27.1 Å². The standard InChI is InChI=1S/C25H25F2N3O4S/c1-3-15-7-10-21-19(12-15)22(18-6-5-11-28-24(18)31)23(25(32)29-35(33,34)4-2)30(21)14-16-13-17(26)8-9-20(16)27/h5-13,24,28,31H,3-4,14H2,1-2H3,(H,29,32). The van der Waals surface area contributed by atoms with Gasteiger partial charge in [0.1, 0.15) is 17.3 Å². The van der Waals surface area contributed by atoms with Crippen molar-refractivity contribution < 1.29 is 27.1 Å². The van der Waals surface area contributed by atoms with Gasteiger partial charge in [-0.3, -0.25) is 4.79 Å². The predicted octanol–water partition coefficient (Wildman–Crippen LogP) is 3.43. The maximum atomic E-state index is 14.6. The lowest BCUT2D eigenvalue weighted by Crippen LogP contribution is -2.35. The fraction of sp³-hybridized carbons (Fsp3) is 0.240. The predicted molar refractivity (Wildman–Crippen MR) is 130 cm³/mol. The molecule has 0 saturated carbocycles. The summed E-state index contributed by atoms with van der Waals surface area (Å²) < 4.78 is 56.6. The van der Waals surface area contributed by atoms with Gasteiger partial charge in [-0.25, -0.2) is 21.9 Å². The number of allylic oxidation sites excluding steroid dienone is 2. The lowest BCUT2D eigenvalue weighted by molar-refractivity contribution is 0.0973. The van der Waals surface area contributed by atoms with Crippen LogP contribution in [0.25, 0.3) is 16.5 Å². The van der Waals surface area contributed by atoms with Crippen molar-refractivity contribution in [3.63, 3.8) is 0 Å². The summed E-state index contributed by atoms with van der Waals surface area (Å²) in [6.07, 6.45) is 4.31. The molecule has 0 bridgehead atoms. The highest BCUT2D eigenvalue weighted by Gasteiger charge is 2.30. The quantitative estimate of drug-likeness (QED) is 0.461. The number of fused-ring (bicyclic) bond motifs is 1. The first-order valence-electron chi connectivity index (χ1n) is 11.1. The number of nitrogens with one attached hydrogen (secondary N) is 2. The summed E-state index contributed by atoms with van der Waals surface area (Å²) >= 11 is 0. The Balaban J connectivity index is 2.06. The van der Waals surface area contributed by atoms with Crippen molar-refractivity contribution in [2.75, 3.05) is 5.75 Å². The lowest BCUT2D eigenvalue weighted by atomic mass is 9.97. The number of carbonyl (C=O) groups excluding carboxylic acids is 1. The first-order chi connectivity index (χ1) is 16.6. The van der Waals surface area contributed by atoms with E-state index in [0.717, 1.165) is 23.8 Å². The molecule has 7 nitrogen and oxygen atoms in total. The van der Waals surface area contributed by atoms with Crippen LogP contribution in [0.2, 0.25) is 0 Å². The van der Waals surface area contributed by atoms with Crippen LogP contribution in [0.1, 0.15) is 41.0 Å². The average Bonchev–Trinajstić information content (AvgIpc) is 3.14. The number of aryl methyl sites for hydroxylation is 1. The molecule has 35 heavy (non-hydrogen) atoms. The van der Waals surface area contributed by atoms with Crippen molar-refractivity contribution in [2.45, 2.75) is 33.0 Å². The Morgan fingerprint density at radius 2 is 1.94 bits per heavy atom. The van der Waals surface area contributed by atoms with Crippen molar-refractivity contribution in [1.29, 1.82) is 0 Å². The summed E-state index contributed by atoms with van der Waals surface area (Å²) in [6, 6.07) is 8.47. The molecule has 0 fully saturated rings. The van der Waals surface area contributed by atoms with Gasteiger partial charge in [-0.2, -0.15) is 0 Å². The molecule has 0 aliphatic carbocycles. The summed E-state index contributed by atoms with van der Waals surface area (Å²) in [4.78, 5) is 13.5. The summed E-state index contributed by atoms with van der Waals surface area (Å²) in [7, 11) is -3.94. The number of aromatic nitrogens is 1. The third-order valence-corrected chi connectivity index (χ3v) is 7.18. The van der Waals surface area contributed by atoms with E-state index in [1.165, 1.54) is 17.7 Å². The highest BCUT2D eigenvalue weighted by Crippen LogP contribution is 2.36. The number of benzene rings is 2. The highest BCUT2D eigenvalue weighted by atomic mass is 32.2. The van der Waals surface area contributed by atoms with Crippen molar-refractivity contribution in [2.24, 2.45) is 0 Å². The maximum absolute atomic E-state index is 14.6. The van der Waals surface area contributed by atoms with E-state index >= 15 is 0 Å². The fourth-order valence-electron chi connectivity index (χ4n) is 4.11. The smallest absolute Gasteiger partial charge is 0.282 e. The van der Waals surface area contributed by atoms with Crippen LogP contribution in [0.15, 0.2) is 54.8 Å². The molecule has 0 saturated heterocycles. The van der Waals surface area contributed by atoms with Gasteiger partial charge in [-0.1, -0.05) is 19.1 Å². The van der Waals surface area contributed by atoms with Crippen molar-refractivity contribution in [3.05, 3.63) is 88.8 Å². The molecule has 2 heterocycles. The molecule has 184 valence electrons. The first kappa shape index (κ1) is 24.6. The van der Waals surface area contributed by atoms with Gasteiger partial charge in [-0.15, -0.1) is 0 Å². The second-order valence-electron chi connectivity index (χ2n) is 8.14. The molecule has 3 aromatic rings. The Kier molecular flexibility index (Phi) is 6.77. The fourth-order valence-corrected chi connectivity index (χ4v) is 4.63. The number of hydrogen-bond acceptors (Lipinski definition) is 5. The number of halogens is 2. The third kappa shape index (κ3) is 4.85. The van der Waals surface area contributed by atoms with Crippen molar-refractivity contribution in [3.8, 4) is 0 Å². The zero-order valence-electron chi connectivity index (χ0n) is 19.2. The van der Waals surface area contributed by atoms with Gasteiger partial charge >= 0.3 is 0 Å². The van der Waals surface area contributed by atoms with E-state index in [1.54, 1.807) is 18.2 Å². The number of aliphatic hydroxyl groups is 1. The Hall–Kier alpha value is -3.50. The summed E-state index contributed by atoms with van der Waals surface area (Å²) in [5.41, 5.74) is 1.98. The van der Waals surface area contributed by atoms with Crippen LogP contribution in [0.4, 0.5) is 8.78 Å². The highest BCUT2D eigenvalue weighted by molar-refractivity contribution is 7.90. The van der Waals surface area contributed by atoms with Gasteiger partial charge in [0, 0.05) is 27.6 Å². The van der Waals surface area contributed by atoms with Crippen LogP contribution < -0.4 is 10.0 Å². The molecule has 4 rings (SSSR count). The molecule has 1 aliphatic rings. The Morgan fingerprint density at radius 1 is 1.17 bits per heavy atom. The molecule has 1 atom stereocenters. The zero-order chi connectivity index (χ0) is 25.3. The van der Waals surface area contributed by atoms with Crippen LogP contribution in [-0.4, -0.2) is 36.0 Å². The number of nitrogens with zero attached hydrogens (tertiary/aromatic N) is 1. The van der Waals surface area contributed by atoms with Gasteiger partial charge in [-0.05, 0) is 61.5 Å². The summed E-state index contributed by atoms with van der Waals surface area (Å²) in [6.45, 7) is 3.11. The third-order valence-electron chi connectivity index (χ3n) is 5.92. The zero-order valence-corrected chi connectivity index (χ0v) is 20.0. The van der Waals surface area contributed by atoms with Gasteiger partial charge in [0.2, 0.25) is 10.0 Å². The summed E-state index contributed by atoms with van der Waals surface area (Å²) in [5.74, 6) is -2.59. The number of carbonyl (C=O) groups is 1. The van der Waals surface area contributed by atoms with Gasteiger partial charge in [0.15, 0.2) is 6.23 Å². The van der Waals surface area contributed by atoms with Crippen LogP contribution in [0.5, 0.6) is 0 Å². The molecule has 10 heteroatoms. The Bertz CT molecular complexity index is 1480. The first-order valence-corrected chi connectivity index (χ1v) is 12.8. The van der Waals surface area contributed by atoms with Crippen molar-refractivity contribution in [1.82, 2.24) is 14.6 Å². The lowest BCUT2D eigenvalue weighted by Gasteiger charge is -2.20. The Labute approximate surface area is 201 Å². The molecule has 1 aromatic heterocycles. The van der Waals surface area contributed by atoms with Gasteiger partial charge in [0.25, 0.3) is 5.91 Å². The number of amides is 1. The second-order valence-corrected chi connectivity index (χ2v) is 10.1. The Morgan fingerprint density at radius 3 is 2.63 bits per heavy atom. The number of aliphatic hydroxyl groups excluding tert-OH is 1. The minimum Gasteiger partial charge on any atom is -0.369 e. The van der Waals surface area contributed by atoms with E-state index in [0.29, 0.717) is 28.5 Å². The molecule has 2 aromatic carbocycles. The number of rotatable bonds is 7. The van der Waals surface area contributed by atoms with E-state index in [4.69, 9.17) is 0 Å². The van der Waals surface area contributed by atoms with E-state index in [1.807, 2.05) is 19.1 Å². The van der Waals surface area contributed by atoms with Gasteiger partial charge < -0.3 is 15.0 Å². The topological polar surface area (TPSA) is 100 Å². The van der Waals surface area contributed by atoms with E-state index in [-0.39, 0.29) is 23.6 Å². The minimum absolute atomic E-state index is 0.0170. The van der Waals surface area contributed by atoms with Crippen LogP contribution >= 0.6 is 0 Å². The second kappa shape index (κ2) is 9.63. The minimum atomic E-state index is -3.94. The van der Waals surface area contributed by atoms with Gasteiger partial charge in [0.05, 0.1) is 12.3 Å². The molecule has 0 radical (unpaired) electrons. The number of sulfonamides is 1. The van der Waals surface area contributed by atoms with Crippen LogP contribution in [0.3, 0.4) is 0 Å². The average molecular weight is 502 g/mol. The maximum Gasteiger partial charge on any atom is 0.282 e. The largest absolute Gasteiger partial charge is 0.369 e. The molecule has 1 aliphatic heterocycles. The SMILES string of the molecule is CCc1ccc2c(c1)c(C1=CC=CNC1O)c(C(=O)NS(=O)(=O)CC)n2Cc1cc(F)ccc1F. The number of hydrogen-bond donors (Lipinski definition) is 3. The monoisotopic (exact) mass is 501 g/mol.